The summed E-state index contributed by atoms with van der Waals surface area (Å²) in [6, 6.07) is 0.0109. The highest BCUT2D eigenvalue weighted by Crippen LogP contribution is 2.22. The van der Waals surface area contributed by atoms with Crippen molar-refractivity contribution in [1.29, 1.82) is 0 Å². The molecule has 2 N–H and O–H groups in total. The van der Waals surface area contributed by atoms with E-state index in [1.165, 1.54) is 0 Å². The molecule has 0 fully saturated rings. The Hall–Kier alpha value is -1.11. The third kappa shape index (κ3) is 3.19. The molecule has 0 unspecified atom stereocenters. The number of aromatic nitrogens is 3. The fourth-order valence-electron chi connectivity index (χ4n) is 1.52. The predicted octanol–water partition coefficient (Wildman–Crippen LogP) is 1.81. The minimum atomic E-state index is -4.17. The van der Waals surface area contributed by atoms with Crippen molar-refractivity contribution in [2.75, 3.05) is 0 Å². The van der Waals surface area contributed by atoms with Crippen molar-refractivity contribution in [1.82, 2.24) is 14.8 Å². The first-order chi connectivity index (χ1) is 7.35. The van der Waals surface area contributed by atoms with E-state index in [0.717, 1.165) is 0 Å². The molecule has 4 nitrogen and oxygen atoms in total. The lowest BCUT2D eigenvalue weighted by Gasteiger charge is -2.13. The molecule has 1 rings (SSSR count). The normalized spacial score (nSPS) is 12.4. The molecule has 0 saturated heterocycles. The number of hydrogen-bond donors (Lipinski definition) is 1. The molecule has 0 aliphatic rings. The zero-order valence-electron chi connectivity index (χ0n) is 9.25. The first-order valence-electron chi connectivity index (χ1n) is 5.04. The van der Waals surface area contributed by atoms with Gasteiger partial charge in [-0.1, -0.05) is 0 Å². The van der Waals surface area contributed by atoms with Crippen molar-refractivity contribution in [3.63, 3.8) is 0 Å². The Balaban J connectivity index is 2.84. The number of halogens is 3. The molecule has 1 aromatic rings. The van der Waals surface area contributed by atoms with E-state index in [-0.39, 0.29) is 19.0 Å². The molecule has 92 valence electrons. The van der Waals surface area contributed by atoms with Crippen molar-refractivity contribution < 1.29 is 13.2 Å². The molecule has 0 aliphatic carbocycles. The van der Waals surface area contributed by atoms with Crippen molar-refractivity contribution in [3.8, 4) is 0 Å². The zero-order valence-corrected chi connectivity index (χ0v) is 9.25. The number of nitrogens with zero attached hydrogens (tertiary/aromatic N) is 3. The first-order valence-corrected chi connectivity index (χ1v) is 5.04. The Morgan fingerprint density at radius 2 is 1.81 bits per heavy atom. The van der Waals surface area contributed by atoms with Crippen molar-refractivity contribution in [3.05, 3.63) is 11.6 Å². The van der Waals surface area contributed by atoms with E-state index in [2.05, 4.69) is 10.2 Å². The lowest BCUT2D eigenvalue weighted by Crippen LogP contribution is -2.15. The van der Waals surface area contributed by atoms with Gasteiger partial charge in [0.15, 0.2) is 0 Å². The van der Waals surface area contributed by atoms with Crippen LogP contribution in [0.2, 0.25) is 0 Å². The van der Waals surface area contributed by atoms with Crippen LogP contribution in [0.3, 0.4) is 0 Å². The van der Waals surface area contributed by atoms with E-state index in [4.69, 9.17) is 5.73 Å². The Morgan fingerprint density at radius 3 is 2.25 bits per heavy atom. The Kier molecular flexibility index (Phi) is 3.90. The van der Waals surface area contributed by atoms with Gasteiger partial charge >= 0.3 is 6.18 Å². The molecular formula is C9H15F3N4. The molecule has 1 aromatic heterocycles. The average molecular weight is 236 g/mol. The summed E-state index contributed by atoms with van der Waals surface area (Å²) in [4.78, 5) is 0. The van der Waals surface area contributed by atoms with E-state index in [9.17, 15) is 13.2 Å². The summed E-state index contributed by atoms with van der Waals surface area (Å²) in [5.74, 6) is 0.861. The minimum absolute atomic E-state index is 0.0109. The molecule has 0 atom stereocenters. The van der Waals surface area contributed by atoms with Gasteiger partial charge in [0.25, 0.3) is 0 Å². The van der Waals surface area contributed by atoms with Gasteiger partial charge in [-0.3, -0.25) is 0 Å². The summed E-state index contributed by atoms with van der Waals surface area (Å²) >= 11 is 0. The third-order valence-electron chi connectivity index (χ3n) is 2.17. The Morgan fingerprint density at radius 1 is 1.25 bits per heavy atom. The van der Waals surface area contributed by atoms with Gasteiger partial charge in [-0.25, -0.2) is 0 Å². The van der Waals surface area contributed by atoms with Gasteiger partial charge < -0.3 is 10.3 Å². The molecule has 0 aliphatic heterocycles. The minimum Gasteiger partial charge on any atom is -0.324 e. The molecule has 7 heteroatoms. The number of rotatable bonds is 4. The van der Waals surface area contributed by atoms with Crippen LogP contribution in [0.5, 0.6) is 0 Å². The van der Waals surface area contributed by atoms with Gasteiger partial charge in [-0.2, -0.15) is 13.2 Å². The van der Waals surface area contributed by atoms with Gasteiger partial charge in [0, 0.05) is 12.5 Å². The maximum Gasteiger partial charge on any atom is 0.389 e. The second-order valence-electron chi connectivity index (χ2n) is 3.82. The maximum atomic E-state index is 12.1. The van der Waals surface area contributed by atoms with Crippen LogP contribution in [0.25, 0.3) is 0 Å². The average Bonchev–Trinajstić information content (AvgIpc) is 2.56. The van der Waals surface area contributed by atoms with Crippen molar-refractivity contribution in [2.24, 2.45) is 5.73 Å². The van der Waals surface area contributed by atoms with E-state index >= 15 is 0 Å². The molecule has 0 saturated carbocycles. The third-order valence-corrected chi connectivity index (χ3v) is 2.17. The second kappa shape index (κ2) is 4.82. The highest BCUT2D eigenvalue weighted by molar-refractivity contribution is 4.98. The lowest BCUT2D eigenvalue weighted by atomic mass is 10.2. The summed E-state index contributed by atoms with van der Waals surface area (Å²) in [6.45, 7) is 3.90. The monoisotopic (exact) mass is 236 g/mol. The predicted molar refractivity (Wildman–Crippen MR) is 52.7 cm³/mol. The highest BCUT2D eigenvalue weighted by atomic mass is 19.4. The van der Waals surface area contributed by atoms with Crippen LogP contribution in [0.15, 0.2) is 0 Å². The largest absolute Gasteiger partial charge is 0.389 e. The van der Waals surface area contributed by atoms with E-state index in [1.54, 1.807) is 4.57 Å². The molecule has 0 amide bonds. The van der Waals surface area contributed by atoms with Gasteiger partial charge in [-0.15, -0.1) is 10.2 Å². The van der Waals surface area contributed by atoms with E-state index in [1.807, 2.05) is 13.8 Å². The van der Waals surface area contributed by atoms with Crippen LogP contribution in [-0.4, -0.2) is 20.9 Å². The lowest BCUT2D eigenvalue weighted by molar-refractivity contribution is -0.134. The van der Waals surface area contributed by atoms with E-state index in [0.29, 0.717) is 11.6 Å². The van der Waals surface area contributed by atoms with Gasteiger partial charge in [-0.05, 0) is 13.8 Å². The summed E-state index contributed by atoms with van der Waals surface area (Å²) in [5, 5.41) is 7.52. The Labute approximate surface area is 91.6 Å². The van der Waals surface area contributed by atoms with Crippen molar-refractivity contribution >= 4 is 0 Å². The fourth-order valence-corrected chi connectivity index (χ4v) is 1.52. The second-order valence-corrected chi connectivity index (χ2v) is 3.82. The zero-order chi connectivity index (χ0) is 12.3. The first kappa shape index (κ1) is 13.0. The number of aryl methyl sites for hydroxylation is 1. The molecule has 0 radical (unpaired) electrons. The van der Waals surface area contributed by atoms with Gasteiger partial charge in [0.1, 0.15) is 11.6 Å². The standard InChI is InChI=1S/C9H15F3N4/c1-6(2)16-7(3-4-9(10,11)12)14-15-8(16)5-13/h6H,3-5,13H2,1-2H3. The van der Waals surface area contributed by atoms with Crippen LogP contribution in [-0.2, 0) is 13.0 Å². The summed E-state index contributed by atoms with van der Waals surface area (Å²) < 4.78 is 37.9. The fraction of sp³-hybridized carbons (Fsp3) is 0.778. The smallest absolute Gasteiger partial charge is 0.324 e. The van der Waals surface area contributed by atoms with Gasteiger partial charge in [0.05, 0.1) is 13.0 Å². The maximum absolute atomic E-state index is 12.1. The molecule has 0 spiro atoms. The molecule has 0 aromatic carbocycles. The van der Waals surface area contributed by atoms with Crippen LogP contribution in [0.1, 0.15) is 38.0 Å². The SMILES string of the molecule is CC(C)n1c(CN)nnc1CCC(F)(F)F. The summed E-state index contributed by atoms with van der Waals surface area (Å²) in [6.07, 6.45) is -5.21. The number of alkyl halides is 3. The summed E-state index contributed by atoms with van der Waals surface area (Å²) in [5.41, 5.74) is 5.44. The molecular weight excluding hydrogens is 221 g/mol. The number of hydrogen-bond acceptors (Lipinski definition) is 3. The number of nitrogens with two attached hydrogens (primary N) is 1. The van der Waals surface area contributed by atoms with Crippen LogP contribution >= 0.6 is 0 Å². The van der Waals surface area contributed by atoms with Crippen LogP contribution < -0.4 is 5.73 Å². The highest BCUT2D eigenvalue weighted by Gasteiger charge is 2.28. The topological polar surface area (TPSA) is 56.7 Å². The molecule has 1 heterocycles. The molecule has 0 bridgehead atoms. The van der Waals surface area contributed by atoms with Crippen LogP contribution in [0, 0.1) is 0 Å². The summed E-state index contributed by atoms with van der Waals surface area (Å²) in [7, 11) is 0. The quantitative estimate of drug-likeness (QED) is 0.867. The van der Waals surface area contributed by atoms with Crippen LogP contribution in [0.4, 0.5) is 13.2 Å². The Bertz CT molecular complexity index is 343. The molecule has 16 heavy (non-hydrogen) atoms. The van der Waals surface area contributed by atoms with E-state index < -0.39 is 12.6 Å². The van der Waals surface area contributed by atoms with Gasteiger partial charge in [0.2, 0.25) is 0 Å². The van der Waals surface area contributed by atoms with Crippen molar-refractivity contribution in [2.45, 2.75) is 45.5 Å².